The monoisotopic (exact) mass is 272 g/mol. The van der Waals surface area contributed by atoms with Crippen LogP contribution in [-0.2, 0) is 12.8 Å². The molecule has 0 amide bonds. The van der Waals surface area contributed by atoms with E-state index in [2.05, 4.69) is 49.2 Å². The van der Waals surface area contributed by atoms with E-state index in [-0.39, 0.29) is 0 Å². The zero-order valence-corrected chi connectivity index (χ0v) is 13.2. The lowest BCUT2D eigenvalue weighted by atomic mass is 9.86. The second kappa shape index (κ2) is 5.77. The fourth-order valence-electron chi connectivity index (χ4n) is 4.02. The summed E-state index contributed by atoms with van der Waals surface area (Å²) in [5.74, 6) is 0.706. The molecule has 3 unspecified atom stereocenters. The van der Waals surface area contributed by atoms with Crippen molar-refractivity contribution in [3.63, 3.8) is 0 Å². The third kappa shape index (κ3) is 2.46. The molecular weight excluding hydrogens is 244 g/mol. The van der Waals surface area contributed by atoms with E-state index in [0.717, 1.165) is 6.54 Å². The van der Waals surface area contributed by atoms with Gasteiger partial charge < -0.3 is 10.2 Å². The highest BCUT2D eigenvalue weighted by atomic mass is 15.2. The Kier molecular flexibility index (Phi) is 4.02. The molecule has 0 bridgehead atoms. The van der Waals surface area contributed by atoms with Crippen molar-refractivity contribution >= 4 is 5.69 Å². The van der Waals surface area contributed by atoms with Crippen LogP contribution in [0.25, 0.3) is 0 Å². The molecule has 20 heavy (non-hydrogen) atoms. The number of hydrogen-bond donors (Lipinski definition) is 1. The Balaban J connectivity index is 1.77. The minimum Gasteiger partial charge on any atom is -0.368 e. The molecule has 1 saturated heterocycles. The topological polar surface area (TPSA) is 15.3 Å². The first-order valence-electron chi connectivity index (χ1n) is 8.32. The Labute approximate surface area is 123 Å². The van der Waals surface area contributed by atoms with Gasteiger partial charge in [0.25, 0.3) is 0 Å². The van der Waals surface area contributed by atoms with Crippen molar-refractivity contribution in [2.24, 2.45) is 5.92 Å². The number of fused-ring (bicyclic) bond motifs is 1. The number of nitrogens with zero attached hydrogens (tertiary/aromatic N) is 1. The Morgan fingerprint density at radius 3 is 2.80 bits per heavy atom. The molecule has 1 aliphatic heterocycles. The second-order valence-electron chi connectivity index (χ2n) is 6.55. The van der Waals surface area contributed by atoms with E-state index in [1.54, 1.807) is 11.1 Å². The first kappa shape index (κ1) is 13.9. The summed E-state index contributed by atoms with van der Waals surface area (Å²) in [4.78, 5) is 2.62. The summed E-state index contributed by atoms with van der Waals surface area (Å²) in [7, 11) is 0. The quantitative estimate of drug-likeness (QED) is 0.907. The van der Waals surface area contributed by atoms with Gasteiger partial charge in [-0.1, -0.05) is 19.9 Å². The first-order chi connectivity index (χ1) is 9.70. The fraction of sp³-hybridized carbons (Fsp3) is 0.667. The van der Waals surface area contributed by atoms with E-state index in [4.69, 9.17) is 0 Å². The predicted molar refractivity (Wildman–Crippen MR) is 86.5 cm³/mol. The van der Waals surface area contributed by atoms with Crippen LogP contribution in [-0.4, -0.2) is 25.2 Å². The van der Waals surface area contributed by atoms with Crippen LogP contribution in [0.4, 0.5) is 5.69 Å². The molecule has 1 heterocycles. The lowest BCUT2D eigenvalue weighted by Gasteiger charge is -2.44. The van der Waals surface area contributed by atoms with Crippen molar-refractivity contribution in [1.82, 2.24) is 5.32 Å². The highest BCUT2D eigenvalue weighted by Gasteiger charge is 2.32. The van der Waals surface area contributed by atoms with E-state index in [0.29, 0.717) is 18.0 Å². The summed E-state index contributed by atoms with van der Waals surface area (Å²) < 4.78 is 0. The van der Waals surface area contributed by atoms with Gasteiger partial charge in [0.1, 0.15) is 0 Å². The average Bonchev–Trinajstić information content (AvgIpc) is 2.91. The number of nitrogens with one attached hydrogen (secondary N) is 1. The van der Waals surface area contributed by atoms with E-state index in [1.807, 2.05) is 0 Å². The molecule has 0 aromatic heterocycles. The maximum Gasteiger partial charge on any atom is 0.0371 e. The molecule has 1 aromatic carbocycles. The average molecular weight is 272 g/mol. The SMILES string of the molecule is CCNC1CCN(c2ccc3c(c2)CCC3)C(C)C1C. The highest BCUT2D eigenvalue weighted by Crippen LogP contribution is 2.32. The highest BCUT2D eigenvalue weighted by molar-refractivity contribution is 5.53. The van der Waals surface area contributed by atoms with E-state index in [1.165, 1.54) is 37.9 Å². The molecule has 0 spiro atoms. The maximum absolute atomic E-state index is 3.65. The van der Waals surface area contributed by atoms with E-state index < -0.39 is 0 Å². The number of hydrogen-bond acceptors (Lipinski definition) is 2. The van der Waals surface area contributed by atoms with Crippen LogP contribution in [0.5, 0.6) is 0 Å². The van der Waals surface area contributed by atoms with Crippen LogP contribution >= 0.6 is 0 Å². The largest absolute Gasteiger partial charge is 0.368 e. The van der Waals surface area contributed by atoms with Crippen molar-refractivity contribution in [1.29, 1.82) is 0 Å². The molecule has 0 radical (unpaired) electrons. The van der Waals surface area contributed by atoms with Crippen molar-refractivity contribution < 1.29 is 0 Å². The number of rotatable bonds is 3. The molecule has 2 nitrogen and oxygen atoms in total. The summed E-state index contributed by atoms with van der Waals surface area (Å²) in [6.45, 7) is 9.27. The molecule has 1 fully saturated rings. The summed E-state index contributed by atoms with van der Waals surface area (Å²) in [5, 5.41) is 3.65. The lowest BCUT2D eigenvalue weighted by Crippen LogP contribution is -2.53. The van der Waals surface area contributed by atoms with Crippen molar-refractivity contribution in [3.05, 3.63) is 29.3 Å². The molecular formula is C18H28N2. The molecule has 110 valence electrons. The smallest absolute Gasteiger partial charge is 0.0371 e. The van der Waals surface area contributed by atoms with Crippen molar-refractivity contribution in [2.75, 3.05) is 18.0 Å². The molecule has 2 heteroatoms. The minimum absolute atomic E-state index is 0.618. The Morgan fingerprint density at radius 1 is 1.20 bits per heavy atom. The Hall–Kier alpha value is -1.02. The first-order valence-corrected chi connectivity index (χ1v) is 8.32. The summed E-state index contributed by atoms with van der Waals surface area (Å²) in [6, 6.07) is 8.47. The molecule has 2 aliphatic rings. The third-order valence-electron chi connectivity index (χ3n) is 5.45. The van der Waals surface area contributed by atoms with Crippen LogP contribution in [0.3, 0.4) is 0 Å². The standard InChI is InChI=1S/C18H28N2/c1-4-19-18-10-11-20(14(3)13(18)2)17-9-8-15-6-5-7-16(15)12-17/h8-9,12-14,18-19H,4-7,10-11H2,1-3H3. The van der Waals surface area contributed by atoms with Gasteiger partial charge in [0.15, 0.2) is 0 Å². The third-order valence-corrected chi connectivity index (χ3v) is 5.45. The number of aryl methyl sites for hydroxylation is 2. The molecule has 1 aliphatic carbocycles. The number of piperidine rings is 1. The van der Waals surface area contributed by atoms with Gasteiger partial charge in [-0.2, -0.15) is 0 Å². The zero-order valence-electron chi connectivity index (χ0n) is 13.2. The van der Waals surface area contributed by atoms with E-state index in [9.17, 15) is 0 Å². The minimum atomic E-state index is 0.618. The van der Waals surface area contributed by atoms with Crippen molar-refractivity contribution in [2.45, 2.75) is 58.5 Å². The predicted octanol–water partition coefficient (Wildman–Crippen LogP) is 3.39. The van der Waals surface area contributed by atoms with Gasteiger partial charge in [-0.3, -0.25) is 0 Å². The van der Waals surface area contributed by atoms with Gasteiger partial charge >= 0.3 is 0 Å². The molecule has 3 atom stereocenters. The van der Waals surface area contributed by atoms with Crippen LogP contribution in [0.2, 0.25) is 0 Å². The van der Waals surface area contributed by atoms with Crippen LogP contribution in [0, 0.1) is 5.92 Å². The van der Waals surface area contributed by atoms with Crippen LogP contribution in [0.15, 0.2) is 18.2 Å². The molecule has 1 N–H and O–H groups in total. The van der Waals surface area contributed by atoms with Crippen molar-refractivity contribution in [3.8, 4) is 0 Å². The summed E-state index contributed by atoms with van der Waals surface area (Å²) >= 11 is 0. The lowest BCUT2D eigenvalue weighted by molar-refractivity contribution is 0.274. The Morgan fingerprint density at radius 2 is 2.00 bits per heavy atom. The van der Waals surface area contributed by atoms with E-state index >= 15 is 0 Å². The van der Waals surface area contributed by atoms with Gasteiger partial charge in [0, 0.05) is 24.3 Å². The maximum atomic E-state index is 3.65. The zero-order chi connectivity index (χ0) is 14.1. The molecule has 0 saturated carbocycles. The molecule has 1 aromatic rings. The second-order valence-corrected chi connectivity index (χ2v) is 6.55. The van der Waals surface area contributed by atoms with Crippen LogP contribution < -0.4 is 10.2 Å². The molecule has 3 rings (SSSR count). The number of benzene rings is 1. The van der Waals surface area contributed by atoms with Gasteiger partial charge in [0.2, 0.25) is 0 Å². The summed E-state index contributed by atoms with van der Waals surface area (Å²) in [6.07, 6.45) is 5.16. The summed E-state index contributed by atoms with van der Waals surface area (Å²) in [5.41, 5.74) is 4.62. The number of anilines is 1. The van der Waals surface area contributed by atoms with Crippen LogP contribution in [0.1, 0.15) is 44.7 Å². The van der Waals surface area contributed by atoms with Gasteiger partial charge in [-0.25, -0.2) is 0 Å². The Bertz CT molecular complexity index is 468. The normalized spacial score (nSPS) is 29.6. The van der Waals surface area contributed by atoms with Gasteiger partial charge in [0.05, 0.1) is 0 Å². The van der Waals surface area contributed by atoms with Gasteiger partial charge in [-0.15, -0.1) is 0 Å². The fourth-order valence-corrected chi connectivity index (χ4v) is 4.02. The van der Waals surface area contributed by atoms with Gasteiger partial charge in [-0.05, 0) is 68.3 Å².